The summed E-state index contributed by atoms with van der Waals surface area (Å²) < 4.78 is 6.14. The van der Waals surface area contributed by atoms with Crippen LogP contribution in [-0.4, -0.2) is 24.9 Å². The zero-order valence-electron chi connectivity index (χ0n) is 18.9. The minimum absolute atomic E-state index is 0. The highest BCUT2D eigenvalue weighted by Gasteiger charge is 2.18. The Bertz CT molecular complexity index is 1320. The van der Waals surface area contributed by atoms with E-state index in [4.69, 9.17) is 9.84 Å². The van der Waals surface area contributed by atoms with E-state index in [-0.39, 0.29) is 25.6 Å². The molecule has 4 rings (SSSR count). The summed E-state index contributed by atoms with van der Waals surface area (Å²) in [5.74, 6) is -1.11. The highest BCUT2D eigenvalue weighted by molar-refractivity contribution is 9.10. The molecule has 0 atom stereocenters. The Labute approximate surface area is 244 Å². The summed E-state index contributed by atoms with van der Waals surface area (Å²) in [5, 5.41) is 30.8. The van der Waals surface area contributed by atoms with Crippen molar-refractivity contribution >= 4 is 59.4 Å². The van der Waals surface area contributed by atoms with E-state index >= 15 is 0 Å². The van der Waals surface area contributed by atoms with Gasteiger partial charge in [-0.1, -0.05) is 84.0 Å². The van der Waals surface area contributed by atoms with Gasteiger partial charge in [0, 0.05) is 49.3 Å². The van der Waals surface area contributed by atoms with Gasteiger partial charge >= 0.3 is 11.6 Å². The molecule has 0 spiro atoms. The molecule has 0 saturated carbocycles. The lowest BCUT2D eigenvalue weighted by molar-refractivity contribution is -0.390. The van der Waals surface area contributed by atoms with Crippen LogP contribution in [-0.2, 0) is 11.9 Å². The van der Waals surface area contributed by atoms with E-state index < -0.39 is 21.4 Å². The van der Waals surface area contributed by atoms with Gasteiger partial charge in [0.15, 0.2) is 0 Å². The summed E-state index contributed by atoms with van der Waals surface area (Å²) in [6, 6.07) is 25.5. The standard InChI is InChI=1S/C12H9BrN2O3.C7H7Br.C5H3BrN2O3.CH4/c13-11-7-6-10(12(14-11)15(16)17)18-8-9-4-2-1-3-5-9;8-6-7-4-2-1-3-5-7;6-4-2-1-3(9)5(7-4)8(10)11;/h1-7H,8H2;1-5H,6H2;1-2,9H;1H4. The van der Waals surface area contributed by atoms with Gasteiger partial charge in [-0.25, -0.2) is 0 Å². The third kappa shape index (κ3) is 11.3. The molecule has 1 N–H and O–H groups in total. The topological polar surface area (TPSA) is 142 Å². The molecular weight excluding hydrogens is 692 g/mol. The van der Waals surface area contributed by atoms with Gasteiger partial charge in [-0.2, -0.15) is 0 Å². The zero-order chi connectivity index (χ0) is 27.2. The third-order valence-corrected chi connectivity index (χ3v) is 5.74. The van der Waals surface area contributed by atoms with Crippen LogP contribution >= 0.6 is 47.8 Å². The Kier molecular flexibility index (Phi) is 14.7. The van der Waals surface area contributed by atoms with Gasteiger partial charge in [0.25, 0.3) is 0 Å². The summed E-state index contributed by atoms with van der Waals surface area (Å²) in [6.07, 6.45) is 0. The number of nitrogens with zero attached hydrogens (tertiary/aromatic N) is 4. The molecule has 0 fully saturated rings. The van der Waals surface area contributed by atoms with Crippen LogP contribution in [0.3, 0.4) is 0 Å². The Balaban J connectivity index is 0.000000309. The van der Waals surface area contributed by atoms with E-state index in [0.717, 1.165) is 10.9 Å². The van der Waals surface area contributed by atoms with Crippen LogP contribution in [0.15, 0.2) is 94.1 Å². The number of alkyl halides is 1. The highest BCUT2D eigenvalue weighted by atomic mass is 79.9. The van der Waals surface area contributed by atoms with Crippen LogP contribution in [0.5, 0.6) is 11.5 Å². The Morgan fingerprint density at radius 1 is 0.737 bits per heavy atom. The van der Waals surface area contributed by atoms with Crippen molar-refractivity contribution < 1.29 is 19.7 Å². The number of aromatic hydroxyl groups is 1. The van der Waals surface area contributed by atoms with Crippen molar-refractivity contribution in [1.29, 1.82) is 0 Å². The van der Waals surface area contributed by atoms with Gasteiger partial charge in [0.2, 0.25) is 20.7 Å². The number of hydrogen-bond donors (Lipinski definition) is 1. The van der Waals surface area contributed by atoms with Crippen molar-refractivity contribution in [2.24, 2.45) is 0 Å². The Morgan fingerprint density at radius 3 is 1.66 bits per heavy atom. The molecule has 4 aromatic rings. The molecule has 2 aromatic carbocycles. The predicted molar refractivity (Wildman–Crippen MR) is 155 cm³/mol. The molecule has 0 aliphatic heterocycles. The molecule has 13 heteroatoms. The van der Waals surface area contributed by atoms with Crippen LogP contribution in [0, 0.1) is 20.2 Å². The molecule has 0 aliphatic carbocycles. The molecule has 200 valence electrons. The second kappa shape index (κ2) is 17.2. The van der Waals surface area contributed by atoms with E-state index in [0.29, 0.717) is 9.21 Å². The fourth-order valence-corrected chi connectivity index (χ4v) is 3.48. The number of benzene rings is 2. The van der Waals surface area contributed by atoms with Crippen molar-refractivity contribution in [3.63, 3.8) is 0 Å². The first-order valence-corrected chi connectivity index (χ1v) is 13.0. The second-order valence-corrected chi connectivity index (χ2v) is 9.03. The van der Waals surface area contributed by atoms with Gasteiger partial charge in [0.05, 0.1) is 0 Å². The van der Waals surface area contributed by atoms with Crippen LogP contribution in [0.1, 0.15) is 18.6 Å². The van der Waals surface area contributed by atoms with E-state index in [1.54, 1.807) is 6.07 Å². The lowest BCUT2D eigenvalue weighted by atomic mass is 10.2. The van der Waals surface area contributed by atoms with Crippen LogP contribution in [0.2, 0.25) is 0 Å². The largest absolute Gasteiger partial charge is 0.501 e. The minimum Gasteiger partial charge on any atom is -0.501 e. The van der Waals surface area contributed by atoms with Crippen LogP contribution < -0.4 is 4.74 Å². The molecule has 0 unspecified atom stereocenters. The molecule has 0 amide bonds. The zero-order valence-corrected chi connectivity index (χ0v) is 23.7. The van der Waals surface area contributed by atoms with E-state index in [1.807, 2.05) is 48.5 Å². The fourth-order valence-electron chi connectivity index (χ4n) is 2.51. The van der Waals surface area contributed by atoms with Crippen molar-refractivity contribution in [3.8, 4) is 11.5 Å². The summed E-state index contributed by atoms with van der Waals surface area (Å²) in [7, 11) is 0. The molecule has 0 saturated heterocycles. The lowest BCUT2D eigenvalue weighted by Crippen LogP contribution is -2.00. The molecule has 0 radical (unpaired) electrons. The number of aromatic nitrogens is 2. The summed E-state index contributed by atoms with van der Waals surface area (Å²) >= 11 is 9.38. The number of ether oxygens (including phenoxy) is 1. The monoisotopic (exact) mass is 712 g/mol. The van der Waals surface area contributed by atoms with Crippen molar-refractivity contribution in [2.75, 3.05) is 0 Å². The van der Waals surface area contributed by atoms with Gasteiger partial charge in [-0.05, 0) is 43.1 Å². The molecular formula is C25H23Br3N4O6. The Hall–Kier alpha value is -3.42. The molecule has 38 heavy (non-hydrogen) atoms. The predicted octanol–water partition coefficient (Wildman–Crippen LogP) is 8.01. The van der Waals surface area contributed by atoms with Crippen LogP contribution in [0.25, 0.3) is 0 Å². The maximum Gasteiger partial charge on any atom is 0.407 e. The average Bonchev–Trinajstić information content (AvgIpc) is 2.91. The molecule has 2 aromatic heterocycles. The maximum absolute atomic E-state index is 10.8. The lowest BCUT2D eigenvalue weighted by Gasteiger charge is -2.06. The number of hydrogen-bond acceptors (Lipinski definition) is 8. The quantitative estimate of drug-likeness (QED) is 0.0917. The fraction of sp³-hybridized carbons (Fsp3) is 0.120. The summed E-state index contributed by atoms with van der Waals surface area (Å²) in [6.45, 7) is 0.269. The molecule has 2 heterocycles. The Morgan fingerprint density at radius 2 is 1.21 bits per heavy atom. The van der Waals surface area contributed by atoms with Gasteiger partial charge in [-0.3, -0.25) is 0 Å². The van der Waals surface area contributed by atoms with E-state index in [2.05, 4.69) is 69.9 Å². The van der Waals surface area contributed by atoms with Gasteiger partial charge < -0.3 is 30.1 Å². The first-order valence-electron chi connectivity index (χ1n) is 10.3. The molecule has 0 aliphatic rings. The number of rotatable bonds is 6. The number of halogens is 3. The van der Waals surface area contributed by atoms with Gasteiger partial charge in [0.1, 0.15) is 6.61 Å². The smallest absolute Gasteiger partial charge is 0.407 e. The first kappa shape index (κ1) is 32.6. The SMILES string of the molecule is BrCc1ccccc1.C.O=[N+]([O-])c1nc(Br)ccc1O.O=[N+]([O-])c1nc(Br)ccc1OCc1ccccc1. The second-order valence-electron chi connectivity index (χ2n) is 6.84. The average molecular weight is 715 g/mol. The van der Waals surface area contributed by atoms with Crippen molar-refractivity contribution in [2.45, 2.75) is 19.4 Å². The number of nitro groups is 2. The highest BCUT2D eigenvalue weighted by Crippen LogP contribution is 2.27. The van der Waals surface area contributed by atoms with E-state index in [9.17, 15) is 20.2 Å². The van der Waals surface area contributed by atoms with Crippen molar-refractivity contribution in [3.05, 3.63) is 125 Å². The first-order chi connectivity index (χ1) is 17.7. The van der Waals surface area contributed by atoms with Gasteiger partial charge in [-0.15, -0.1) is 0 Å². The van der Waals surface area contributed by atoms with E-state index in [1.165, 1.54) is 23.8 Å². The maximum atomic E-state index is 10.8. The normalized spacial score (nSPS) is 9.45. The van der Waals surface area contributed by atoms with Crippen LogP contribution in [0.4, 0.5) is 11.6 Å². The molecule has 0 bridgehead atoms. The minimum atomic E-state index is -0.750. The summed E-state index contributed by atoms with van der Waals surface area (Å²) in [5.41, 5.74) is 2.27. The van der Waals surface area contributed by atoms with Crippen molar-refractivity contribution in [1.82, 2.24) is 9.97 Å². The molecule has 10 nitrogen and oxygen atoms in total. The number of pyridine rings is 2. The summed E-state index contributed by atoms with van der Waals surface area (Å²) in [4.78, 5) is 26.9. The third-order valence-electron chi connectivity index (χ3n) is 4.21.